The second kappa shape index (κ2) is 4.72. The Labute approximate surface area is 121 Å². The van der Waals surface area contributed by atoms with Gasteiger partial charge in [-0.2, -0.15) is 0 Å². The molecule has 0 spiro atoms. The van der Waals surface area contributed by atoms with Crippen LogP contribution in [-0.4, -0.2) is 21.0 Å². The van der Waals surface area contributed by atoms with Crippen LogP contribution in [0.5, 0.6) is 0 Å². The highest BCUT2D eigenvalue weighted by Crippen LogP contribution is 2.25. The van der Waals surface area contributed by atoms with Crippen LogP contribution in [0.15, 0.2) is 40.9 Å². The number of carboxylic acids is 1. The van der Waals surface area contributed by atoms with Crippen LogP contribution in [0.25, 0.3) is 22.4 Å². The van der Waals surface area contributed by atoms with Crippen LogP contribution < -0.4 is 0 Å². The van der Waals surface area contributed by atoms with Crippen LogP contribution in [0.3, 0.4) is 0 Å². The Morgan fingerprint density at radius 2 is 1.95 bits per heavy atom. The number of halogens is 2. The Bertz CT molecular complexity index is 812. The molecule has 3 rings (SSSR count). The molecule has 2 N–H and O–H groups in total. The molecule has 0 radical (unpaired) electrons. The first-order chi connectivity index (χ1) is 9.54. The standard InChI is InChI=1S/C14H8BrFN2O2/c15-8-3-1-7(2-4-8)13-17-11-6-9(16)5-10(14(19)20)12(11)18-13/h1-6H,(H,17,18)(H,19,20). The van der Waals surface area contributed by atoms with Crippen molar-refractivity contribution in [3.63, 3.8) is 0 Å². The molecule has 1 heterocycles. The van der Waals surface area contributed by atoms with Gasteiger partial charge in [0.05, 0.1) is 11.1 Å². The fraction of sp³-hybridized carbons (Fsp3) is 0. The zero-order chi connectivity index (χ0) is 14.3. The summed E-state index contributed by atoms with van der Waals surface area (Å²) in [6.07, 6.45) is 0. The maximum absolute atomic E-state index is 13.4. The van der Waals surface area contributed by atoms with Gasteiger partial charge in [0.2, 0.25) is 0 Å². The smallest absolute Gasteiger partial charge is 0.338 e. The maximum atomic E-state index is 13.4. The number of carbonyl (C=O) groups is 1. The van der Waals surface area contributed by atoms with Gasteiger partial charge in [0.15, 0.2) is 0 Å². The van der Waals surface area contributed by atoms with Crippen molar-refractivity contribution in [2.75, 3.05) is 0 Å². The minimum Gasteiger partial charge on any atom is -0.478 e. The zero-order valence-corrected chi connectivity index (χ0v) is 11.6. The van der Waals surface area contributed by atoms with Crippen LogP contribution in [0.4, 0.5) is 4.39 Å². The van der Waals surface area contributed by atoms with Crippen molar-refractivity contribution in [2.45, 2.75) is 0 Å². The van der Waals surface area contributed by atoms with E-state index in [1.54, 1.807) is 0 Å². The molecule has 0 saturated carbocycles. The van der Waals surface area contributed by atoms with Gasteiger partial charge in [-0.25, -0.2) is 14.2 Å². The number of aromatic nitrogens is 2. The van der Waals surface area contributed by atoms with Crippen molar-refractivity contribution in [2.24, 2.45) is 0 Å². The molecule has 2 aromatic carbocycles. The summed E-state index contributed by atoms with van der Waals surface area (Å²) in [4.78, 5) is 18.3. The predicted molar refractivity (Wildman–Crippen MR) is 76.1 cm³/mol. The van der Waals surface area contributed by atoms with E-state index in [-0.39, 0.29) is 11.1 Å². The number of hydrogen-bond acceptors (Lipinski definition) is 2. The first kappa shape index (κ1) is 12.8. The molecule has 0 amide bonds. The van der Waals surface area contributed by atoms with Crippen molar-refractivity contribution >= 4 is 32.9 Å². The summed E-state index contributed by atoms with van der Waals surface area (Å²) in [6.45, 7) is 0. The summed E-state index contributed by atoms with van der Waals surface area (Å²) >= 11 is 3.33. The third-order valence-electron chi connectivity index (χ3n) is 2.90. The number of nitrogens with one attached hydrogen (secondary N) is 1. The van der Waals surface area contributed by atoms with Crippen molar-refractivity contribution in [1.29, 1.82) is 0 Å². The van der Waals surface area contributed by atoms with E-state index in [1.165, 1.54) is 6.07 Å². The number of imidazole rings is 1. The molecule has 0 aliphatic rings. The Morgan fingerprint density at radius 3 is 2.60 bits per heavy atom. The number of benzene rings is 2. The lowest BCUT2D eigenvalue weighted by atomic mass is 10.2. The lowest BCUT2D eigenvalue weighted by molar-refractivity contribution is 0.0698. The van der Waals surface area contributed by atoms with Crippen LogP contribution in [0.1, 0.15) is 10.4 Å². The monoisotopic (exact) mass is 334 g/mol. The summed E-state index contributed by atoms with van der Waals surface area (Å²) < 4.78 is 14.3. The van der Waals surface area contributed by atoms with Crippen LogP contribution in [-0.2, 0) is 0 Å². The first-order valence-electron chi connectivity index (χ1n) is 5.73. The molecule has 0 saturated heterocycles. The van der Waals surface area contributed by atoms with E-state index in [2.05, 4.69) is 25.9 Å². The highest BCUT2D eigenvalue weighted by molar-refractivity contribution is 9.10. The average molecular weight is 335 g/mol. The Morgan fingerprint density at radius 1 is 1.25 bits per heavy atom. The number of nitrogens with zero attached hydrogens (tertiary/aromatic N) is 1. The number of fused-ring (bicyclic) bond motifs is 1. The highest BCUT2D eigenvalue weighted by atomic mass is 79.9. The fourth-order valence-corrected chi connectivity index (χ4v) is 2.25. The number of hydrogen-bond donors (Lipinski definition) is 2. The number of rotatable bonds is 2. The molecular weight excluding hydrogens is 327 g/mol. The van der Waals surface area contributed by atoms with E-state index < -0.39 is 11.8 Å². The van der Waals surface area contributed by atoms with Crippen LogP contribution >= 0.6 is 15.9 Å². The topological polar surface area (TPSA) is 66.0 Å². The molecule has 0 aliphatic carbocycles. The predicted octanol–water partition coefficient (Wildman–Crippen LogP) is 3.83. The average Bonchev–Trinajstić information content (AvgIpc) is 2.81. The van der Waals surface area contributed by atoms with Gasteiger partial charge in [-0.1, -0.05) is 28.1 Å². The van der Waals surface area contributed by atoms with E-state index in [9.17, 15) is 9.18 Å². The van der Waals surface area contributed by atoms with Gasteiger partial charge in [-0.3, -0.25) is 0 Å². The van der Waals surface area contributed by atoms with Crippen molar-refractivity contribution in [1.82, 2.24) is 9.97 Å². The van der Waals surface area contributed by atoms with Crippen LogP contribution in [0, 0.1) is 5.82 Å². The Kier molecular flexibility index (Phi) is 3.02. The SMILES string of the molecule is O=C(O)c1cc(F)cc2[nH]c(-c3ccc(Br)cc3)nc12. The molecule has 1 aromatic heterocycles. The summed E-state index contributed by atoms with van der Waals surface area (Å²) in [6, 6.07) is 9.56. The van der Waals surface area contributed by atoms with Gasteiger partial charge >= 0.3 is 5.97 Å². The summed E-state index contributed by atoms with van der Waals surface area (Å²) in [7, 11) is 0. The molecule has 0 atom stereocenters. The number of H-pyrrole nitrogens is 1. The van der Waals surface area contributed by atoms with Gasteiger partial charge in [0.25, 0.3) is 0 Å². The normalized spacial score (nSPS) is 10.9. The first-order valence-corrected chi connectivity index (χ1v) is 6.52. The lowest BCUT2D eigenvalue weighted by Crippen LogP contribution is -1.98. The van der Waals surface area contributed by atoms with Crippen molar-refractivity contribution < 1.29 is 14.3 Å². The van der Waals surface area contributed by atoms with E-state index >= 15 is 0 Å². The molecule has 100 valence electrons. The van der Waals surface area contributed by atoms with E-state index in [1.807, 2.05) is 24.3 Å². The fourth-order valence-electron chi connectivity index (χ4n) is 1.99. The van der Waals surface area contributed by atoms with Gasteiger partial charge in [-0.15, -0.1) is 0 Å². The minimum absolute atomic E-state index is 0.153. The molecular formula is C14H8BrFN2O2. The van der Waals surface area contributed by atoms with Gasteiger partial charge < -0.3 is 10.1 Å². The molecule has 0 aliphatic heterocycles. The second-order valence-corrected chi connectivity index (χ2v) is 5.16. The summed E-state index contributed by atoms with van der Waals surface area (Å²) in [5, 5.41) is 9.10. The van der Waals surface area contributed by atoms with Crippen LogP contribution in [0.2, 0.25) is 0 Å². The molecule has 20 heavy (non-hydrogen) atoms. The van der Waals surface area contributed by atoms with E-state index in [0.29, 0.717) is 11.3 Å². The maximum Gasteiger partial charge on any atom is 0.338 e. The molecule has 0 unspecified atom stereocenters. The number of aromatic amines is 1. The summed E-state index contributed by atoms with van der Waals surface area (Å²) in [5.74, 6) is -1.31. The summed E-state index contributed by atoms with van der Waals surface area (Å²) in [5.41, 5.74) is 1.25. The Balaban J connectivity index is 2.22. The highest BCUT2D eigenvalue weighted by Gasteiger charge is 2.15. The third-order valence-corrected chi connectivity index (χ3v) is 3.43. The van der Waals surface area contributed by atoms with Gasteiger partial charge in [-0.05, 0) is 24.3 Å². The largest absolute Gasteiger partial charge is 0.478 e. The zero-order valence-electron chi connectivity index (χ0n) is 10.0. The van der Waals surface area contributed by atoms with Gasteiger partial charge in [0, 0.05) is 10.0 Å². The lowest BCUT2D eigenvalue weighted by Gasteiger charge is -1.96. The van der Waals surface area contributed by atoms with E-state index in [4.69, 9.17) is 5.11 Å². The minimum atomic E-state index is -1.21. The van der Waals surface area contributed by atoms with E-state index in [0.717, 1.165) is 16.1 Å². The Hall–Kier alpha value is -2.21. The number of aromatic carboxylic acids is 1. The quantitative estimate of drug-likeness (QED) is 0.748. The molecule has 3 aromatic rings. The molecule has 4 nitrogen and oxygen atoms in total. The van der Waals surface area contributed by atoms with Crippen molar-refractivity contribution in [3.8, 4) is 11.4 Å². The second-order valence-electron chi connectivity index (χ2n) is 4.25. The van der Waals surface area contributed by atoms with Crippen molar-refractivity contribution in [3.05, 3.63) is 52.3 Å². The van der Waals surface area contributed by atoms with Gasteiger partial charge in [0.1, 0.15) is 17.2 Å². The molecule has 6 heteroatoms. The number of carboxylic acid groups (broad SMARTS) is 1. The molecule has 0 bridgehead atoms. The third kappa shape index (κ3) is 2.18. The molecule has 0 fully saturated rings.